The van der Waals surface area contributed by atoms with Crippen molar-refractivity contribution in [3.63, 3.8) is 0 Å². The average Bonchev–Trinajstić information content (AvgIpc) is 3.90. The molecule has 5 aromatic carbocycles. The molecule has 0 aliphatic carbocycles. The number of hydrogen-bond donors (Lipinski definition) is 0. The summed E-state index contributed by atoms with van der Waals surface area (Å²) in [5, 5.41) is 8.12. The molecule has 0 unspecified atom stereocenters. The van der Waals surface area contributed by atoms with Crippen LogP contribution in [-0.4, -0.2) is 22.6 Å². The predicted octanol–water partition coefficient (Wildman–Crippen LogP) is 13.1. The monoisotopic (exact) mass is 948 g/mol. The van der Waals surface area contributed by atoms with Crippen molar-refractivity contribution in [1.82, 2.24) is 14.5 Å². The topological polar surface area (TPSA) is 43.9 Å². The van der Waals surface area contributed by atoms with Gasteiger partial charge in [-0.2, -0.15) is 0 Å². The third-order valence-corrected chi connectivity index (χ3v) is 12.7. The summed E-state index contributed by atoms with van der Waals surface area (Å²) in [7, 11) is -1.34. The van der Waals surface area contributed by atoms with Crippen molar-refractivity contribution in [1.29, 1.82) is 0 Å². The van der Waals surface area contributed by atoms with Gasteiger partial charge in [0.1, 0.15) is 11.2 Å². The Balaban J connectivity index is 0.000000208. The van der Waals surface area contributed by atoms with Gasteiger partial charge in [0.15, 0.2) is 0 Å². The smallest absolute Gasteiger partial charge is 0.137 e. The van der Waals surface area contributed by atoms with Gasteiger partial charge in [-0.15, -0.1) is 47.3 Å². The first kappa shape index (κ1) is 37.0. The molecule has 0 N–H and O–H groups in total. The van der Waals surface area contributed by atoms with E-state index in [1.165, 1.54) is 22.1 Å². The van der Waals surface area contributed by atoms with Crippen molar-refractivity contribution in [2.24, 2.45) is 11.8 Å². The molecule has 0 amide bonds. The van der Waals surface area contributed by atoms with Gasteiger partial charge in [0, 0.05) is 51.6 Å². The fraction of sp³-hybridized carbons (Fsp3) is 0.224. The Morgan fingerprint density at radius 1 is 0.804 bits per heavy atom. The molecule has 0 atom stereocenters. The minimum atomic E-state index is -1.43. The van der Waals surface area contributed by atoms with E-state index in [1.807, 2.05) is 86.6 Å². The number of nitrogens with zero attached hydrogens (tertiary/aromatic N) is 3. The molecule has 9 aromatic rings. The maximum Gasteiger partial charge on any atom is 0.137 e. The molecule has 9 rings (SSSR count). The number of furan rings is 1. The zero-order valence-corrected chi connectivity index (χ0v) is 37.1. The fourth-order valence-corrected chi connectivity index (χ4v) is 9.76. The maximum atomic E-state index is 8.64. The van der Waals surface area contributed by atoms with E-state index in [0.717, 1.165) is 77.8 Å². The number of aromatic nitrogens is 3. The first-order chi connectivity index (χ1) is 27.3. The summed E-state index contributed by atoms with van der Waals surface area (Å²) in [6.07, 6.45) is 1.81. The largest absolute Gasteiger partial charge is 0.456 e. The summed E-state index contributed by atoms with van der Waals surface area (Å²) in [6, 6.07) is 42.0. The van der Waals surface area contributed by atoms with Gasteiger partial charge in [0.05, 0.1) is 24.9 Å². The normalized spacial score (nSPS) is 12.6. The Labute approximate surface area is 351 Å². The molecular weight excluding hydrogens is 899 g/mol. The summed E-state index contributed by atoms with van der Waals surface area (Å²) in [5.74, 6) is 1.31. The molecule has 1 radical (unpaired) electrons. The van der Waals surface area contributed by atoms with Gasteiger partial charge in [-0.25, -0.2) is 0 Å². The molecule has 56 heavy (non-hydrogen) atoms. The van der Waals surface area contributed by atoms with Gasteiger partial charge >= 0.3 is 0 Å². The van der Waals surface area contributed by atoms with Crippen molar-refractivity contribution >= 4 is 67.7 Å². The molecule has 0 fully saturated rings. The van der Waals surface area contributed by atoms with Crippen LogP contribution in [0, 0.1) is 23.3 Å². The van der Waals surface area contributed by atoms with Crippen LogP contribution in [0.15, 0.2) is 126 Å². The van der Waals surface area contributed by atoms with Crippen LogP contribution in [0.4, 0.5) is 0 Å². The molecule has 4 heterocycles. The minimum Gasteiger partial charge on any atom is -0.456 e. The van der Waals surface area contributed by atoms with Crippen molar-refractivity contribution < 1.29 is 27.3 Å². The zero-order chi connectivity index (χ0) is 40.1. The Bertz CT molecular complexity index is 2870. The Morgan fingerprint density at radius 3 is 2.34 bits per heavy atom. The number of thiophene rings is 1. The summed E-state index contributed by atoms with van der Waals surface area (Å²) < 4.78 is 26.7. The summed E-state index contributed by atoms with van der Waals surface area (Å²) in [5.41, 5.74) is 9.69. The van der Waals surface area contributed by atoms with E-state index in [0.29, 0.717) is 11.5 Å². The molecule has 0 aliphatic rings. The molecule has 4 aromatic heterocycles. The van der Waals surface area contributed by atoms with E-state index in [4.69, 9.17) is 12.1 Å². The van der Waals surface area contributed by atoms with Crippen LogP contribution in [-0.2, 0) is 32.9 Å². The molecule has 0 saturated carbocycles. The molecular formula is C49H47IrN3OSSi-2. The molecule has 285 valence electrons. The molecule has 0 aliphatic heterocycles. The van der Waals surface area contributed by atoms with Gasteiger partial charge in [-0.05, 0) is 65.8 Å². The number of fused-ring (bicyclic) bond motifs is 5. The van der Waals surface area contributed by atoms with E-state index in [2.05, 4.69) is 103 Å². The third kappa shape index (κ3) is 8.10. The Morgan fingerprint density at radius 2 is 1.57 bits per heavy atom. The number of rotatable bonds is 8. The van der Waals surface area contributed by atoms with Crippen LogP contribution in [0.3, 0.4) is 0 Å². The van der Waals surface area contributed by atoms with Crippen LogP contribution >= 0.6 is 11.3 Å². The SMILES string of the molecule is CC(C)Cc1cc(-c2[c-]cccc2)ncc1[Si](C)(C)C.[2H]C([2H])(c1ccc2s[c-]c(-c3nc4ccccc4n3-c3ccc4c(c3)oc3ccccc34)c2c1)C(C)C.[Ir]. The van der Waals surface area contributed by atoms with E-state index < -0.39 is 14.4 Å². The number of imidazole rings is 1. The van der Waals surface area contributed by atoms with Crippen molar-refractivity contribution in [3.8, 4) is 28.3 Å². The van der Waals surface area contributed by atoms with E-state index in [-0.39, 0.29) is 26.0 Å². The van der Waals surface area contributed by atoms with Gasteiger partial charge < -0.3 is 14.0 Å². The molecule has 7 heteroatoms. The number of hydrogen-bond acceptors (Lipinski definition) is 4. The number of benzene rings is 5. The minimum absolute atomic E-state index is 0. The predicted molar refractivity (Wildman–Crippen MR) is 237 cm³/mol. The Kier molecular flexibility index (Phi) is 10.9. The van der Waals surface area contributed by atoms with Crippen molar-refractivity contribution in [2.45, 2.75) is 60.1 Å². The van der Waals surface area contributed by atoms with Crippen LogP contribution in [0.2, 0.25) is 19.6 Å². The average molecular weight is 948 g/mol. The molecule has 0 saturated heterocycles. The van der Waals surface area contributed by atoms with Gasteiger partial charge in [-0.1, -0.05) is 123 Å². The standard InChI is InChI=1S/C31H23N2OS.C18H24NSi.Ir/c1-19(2)15-20-11-14-30-24(16-20)25(18-35-30)31-32-26-8-4-5-9-27(26)33(31)21-12-13-23-22-7-3-6-10-28(22)34-29(23)17-21;1-14(2)11-16-12-17(15-9-7-6-8-10-15)19-13-18(16)20(3,4)5;/h3-14,16-17,19H,15H2,1-2H3;6-9,12-14H,11H2,1-5H3;/q2*-1;/i15D2;;. The maximum absolute atomic E-state index is 8.64. The molecule has 4 nitrogen and oxygen atoms in total. The van der Waals surface area contributed by atoms with Gasteiger partial charge in [0.2, 0.25) is 0 Å². The second-order valence-electron chi connectivity index (χ2n) is 16.0. The molecule has 0 bridgehead atoms. The summed E-state index contributed by atoms with van der Waals surface area (Å²) in [4.78, 5) is 9.73. The van der Waals surface area contributed by atoms with Crippen LogP contribution in [0.25, 0.3) is 71.4 Å². The van der Waals surface area contributed by atoms with Crippen molar-refractivity contribution in [2.75, 3.05) is 0 Å². The second-order valence-corrected chi connectivity index (χ2v) is 21.9. The van der Waals surface area contributed by atoms with E-state index in [1.54, 1.807) is 0 Å². The fourth-order valence-electron chi connectivity index (χ4n) is 7.35. The van der Waals surface area contributed by atoms with Crippen LogP contribution in [0.5, 0.6) is 0 Å². The van der Waals surface area contributed by atoms with E-state index >= 15 is 0 Å². The van der Waals surface area contributed by atoms with Gasteiger partial charge in [0.25, 0.3) is 0 Å². The summed E-state index contributed by atoms with van der Waals surface area (Å²) >= 11 is 1.54. The first-order valence-corrected chi connectivity index (χ1v) is 23.4. The summed E-state index contributed by atoms with van der Waals surface area (Å²) in [6.45, 7) is 15.6. The number of pyridine rings is 1. The second kappa shape index (κ2) is 16.4. The number of para-hydroxylation sites is 3. The molecule has 0 spiro atoms. The van der Waals surface area contributed by atoms with Crippen LogP contribution in [0.1, 0.15) is 41.6 Å². The third-order valence-electron chi connectivity index (χ3n) is 9.78. The van der Waals surface area contributed by atoms with Crippen molar-refractivity contribution in [3.05, 3.63) is 144 Å². The van der Waals surface area contributed by atoms with Crippen LogP contribution < -0.4 is 5.19 Å². The quantitative estimate of drug-likeness (QED) is 0.113. The first-order valence-electron chi connectivity index (χ1n) is 20.1. The van der Waals surface area contributed by atoms with Gasteiger partial charge in [-0.3, -0.25) is 16.3 Å². The Hall–Kier alpha value is -4.65. The van der Waals surface area contributed by atoms with E-state index in [9.17, 15) is 0 Å². The zero-order valence-electron chi connectivity index (χ0n) is 34.9.